The first-order valence-electron chi connectivity index (χ1n) is 16.5. The van der Waals surface area contributed by atoms with Crippen LogP contribution in [0.25, 0.3) is 0 Å². The third-order valence-electron chi connectivity index (χ3n) is 9.62. The third-order valence-corrected chi connectivity index (χ3v) is 14.1. The minimum Gasteiger partial charge on any atom is -0.466 e. The molecular weight excluding hydrogens is 587 g/mol. The van der Waals surface area contributed by atoms with Crippen molar-refractivity contribution >= 4 is 14.3 Å². The topological polar surface area (TPSA) is 56.6 Å². The molecule has 3 aromatic carbocycles. The summed E-state index contributed by atoms with van der Waals surface area (Å²) in [4.78, 5) is 14.7. The van der Waals surface area contributed by atoms with Gasteiger partial charge in [0.25, 0.3) is 0 Å². The zero-order valence-electron chi connectivity index (χ0n) is 28.3. The monoisotopic (exact) mass is 635 g/mol. The van der Waals surface area contributed by atoms with Crippen LogP contribution in [0.15, 0.2) is 115 Å². The Morgan fingerprint density at radius 3 is 1.96 bits per heavy atom. The van der Waals surface area contributed by atoms with Crippen molar-refractivity contribution in [2.45, 2.75) is 76.9 Å². The van der Waals surface area contributed by atoms with Crippen molar-refractivity contribution in [1.82, 2.24) is 14.7 Å². The normalized spacial score (nSPS) is 17.3. The van der Waals surface area contributed by atoms with E-state index in [-0.39, 0.29) is 23.5 Å². The van der Waals surface area contributed by atoms with Gasteiger partial charge in [-0.1, -0.05) is 118 Å². The zero-order valence-corrected chi connectivity index (χ0v) is 29.3. The number of ether oxygens (including phenoxy) is 1. The van der Waals surface area contributed by atoms with E-state index in [0.29, 0.717) is 13.2 Å². The number of hydrogen-bond acceptors (Lipinski definition) is 5. The largest absolute Gasteiger partial charge is 0.466 e. The number of hydrogen-bond donors (Lipinski definition) is 0. The quantitative estimate of drug-likeness (QED) is 0.0724. The average Bonchev–Trinajstić information content (AvgIpc) is 3.49. The van der Waals surface area contributed by atoms with Crippen LogP contribution in [0, 0.1) is 0 Å². The Balaban J connectivity index is 1.57. The Bertz CT molecular complexity index is 1500. The molecule has 0 amide bonds. The molecule has 5 rings (SSSR count). The van der Waals surface area contributed by atoms with Crippen LogP contribution in [0.2, 0.25) is 18.1 Å². The highest BCUT2D eigenvalue weighted by Gasteiger charge is 2.46. The molecule has 4 aromatic rings. The number of rotatable bonds is 11. The van der Waals surface area contributed by atoms with E-state index in [0.717, 1.165) is 25.1 Å². The van der Waals surface area contributed by atoms with Crippen molar-refractivity contribution in [3.63, 3.8) is 0 Å². The van der Waals surface area contributed by atoms with Gasteiger partial charge in [0.15, 0.2) is 8.32 Å². The van der Waals surface area contributed by atoms with E-state index in [9.17, 15) is 4.79 Å². The lowest BCUT2D eigenvalue weighted by Crippen LogP contribution is -2.55. The molecule has 0 spiro atoms. The molecule has 1 saturated heterocycles. The Labute approximate surface area is 276 Å². The highest BCUT2D eigenvalue weighted by Crippen LogP contribution is 2.45. The Hall–Kier alpha value is -3.78. The number of esters is 1. The van der Waals surface area contributed by atoms with E-state index in [4.69, 9.17) is 9.16 Å². The van der Waals surface area contributed by atoms with Gasteiger partial charge < -0.3 is 9.16 Å². The number of aromatic nitrogens is 2. The molecule has 1 aliphatic heterocycles. The summed E-state index contributed by atoms with van der Waals surface area (Å²) in [5.41, 5.74) is 5.35. The molecule has 6 nitrogen and oxygen atoms in total. The molecule has 0 radical (unpaired) electrons. The Kier molecular flexibility index (Phi) is 10.5. The second-order valence-electron chi connectivity index (χ2n) is 13.7. The van der Waals surface area contributed by atoms with Crippen LogP contribution in [-0.2, 0) is 32.5 Å². The van der Waals surface area contributed by atoms with Crippen LogP contribution in [-0.4, -0.2) is 54.8 Å². The average molecular weight is 636 g/mol. The van der Waals surface area contributed by atoms with Crippen molar-refractivity contribution in [3.8, 4) is 0 Å². The molecule has 2 heterocycles. The number of benzene rings is 3. The van der Waals surface area contributed by atoms with Gasteiger partial charge in [-0.25, -0.2) is 0 Å². The molecular formula is C39H49N3O3Si. The maximum Gasteiger partial charge on any atom is 0.310 e. The molecule has 1 aliphatic rings. The number of nitrogens with zero attached hydrogens (tertiary/aromatic N) is 3. The summed E-state index contributed by atoms with van der Waals surface area (Å²) in [5, 5.41) is 4.68. The van der Waals surface area contributed by atoms with Crippen LogP contribution in [0.4, 0.5) is 0 Å². The summed E-state index contributed by atoms with van der Waals surface area (Å²) >= 11 is 0. The standard InChI is InChI=1S/C39H49N3O3Si/c1-7-44-37(43)27-31-28-40-42(29-31)26-23-32-30-41(25-24-36(32)45-46(5,6)38(2,3)4)39(33-17-11-8-12-18-33,34-19-13-9-14-20-34)35-21-15-10-16-22-35/h8-23,28-29,36H,7,24-27,30H2,1-6H3. The number of piperidine rings is 1. The van der Waals surface area contributed by atoms with Gasteiger partial charge in [0, 0.05) is 24.8 Å². The molecule has 242 valence electrons. The highest BCUT2D eigenvalue weighted by molar-refractivity contribution is 6.74. The SMILES string of the molecule is CCOC(=O)Cc1cnn(CC=C2CN(C(c3ccccc3)(c3ccccc3)c3ccccc3)CCC2O[Si](C)(C)C(C)(C)C)c1. The molecule has 1 aromatic heterocycles. The molecule has 0 bridgehead atoms. The van der Waals surface area contributed by atoms with Crippen LogP contribution >= 0.6 is 0 Å². The first-order valence-corrected chi connectivity index (χ1v) is 19.4. The fourth-order valence-corrected chi connectivity index (χ4v) is 7.62. The van der Waals surface area contributed by atoms with E-state index in [2.05, 4.69) is 141 Å². The molecule has 46 heavy (non-hydrogen) atoms. The lowest BCUT2D eigenvalue weighted by Gasteiger charge is -2.50. The molecule has 0 aliphatic carbocycles. The van der Waals surface area contributed by atoms with Gasteiger partial charge in [-0.15, -0.1) is 0 Å². The summed E-state index contributed by atoms with van der Waals surface area (Å²) in [7, 11) is -2.06. The molecule has 1 fully saturated rings. The van der Waals surface area contributed by atoms with E-state index in [1.165, 1.54) is 22.3 Å². The molecule has 1 atom stereocenters. The van der Waals surface area contributed by atoms with Crippen LogP contribution < -0.4 is 0 Å². The van der Waals surface area contributed by atoms with Gasteiger partial charge in [-0.2, -0.15) is 5.10 Å². The first kappa shape index (κ1) is 33.6. The molecule has 1 unspecified atom stereocenters. The number of carbonyl (C=O) groups is 1. The maximum absolute atomic E-state index is 12.1. The lowest BCUT2D eigenvalue weighted by molar-refractivity contribution is -0.142. The Morgan fingerprint density at radius 2 is 1.46 bits per heavy atom. The van der Waals surface area contributed by atoms with E-state index >= 15 is 0 Å². The van der Waals surface area contributed by atoms with Crippen molar-refractivity contribution in [2.75, 3.05) is 19.7 Å². The van der Waals surface area contributed by atoms with Crippen LogP contribution in [0.5, 0.6) is 0 Å². The number of likely N-dealkylation sites (tertiary alicyclic amines) is 1. The number of carbonyl (C=O) groups excluding carboxylic acids is 1. The third kappa shape index (κ3) is 7.27. The van der Waals surface area contributed by atoms with E-state index < -0.39 is 13.9 Å². The Morgan fingerprint density at radius 1 is 0.913 bits per heavy atom. The maximum atomic E-state index is 12.1. The van der Waals surface area contributed by atoms with Gasteiger partial charge >= 0.3 is 5.97 Å². The molecule has 0 N–H and O–H groups in total. The van der Waals surface area contributed by atoms with Crippen LogP contribution in [0.3, 0.4) is 0 Å². The molecule has 0 saturated carbocycles. The minimum absolute atomic E-state index is 0.0201. The fraction of sp³-hybridized carbons (Fsp3) is 0.385. The predicted molar refractivity (Wildman–Crippen MR) is 188 cm³/mol. The van der Waals surface area contributed by atoms with Gasteiger partial charge in [-0.05, 0) is 53.7 Å². The van der Waals surface area contributed by atoms with E-state index in [1.54, 1.807) is 6.20 Å². The summed E-state index contributed by atoms with van der Waals surface area (Å²) in [6.45, 7) is 16.0. The first-order chi connectivity index (χ1) is 22.0. The van der Waals surface area contributed by atoms with Gasteiger partial charge in [0.1, 0.15) is 0 Å². The summed E-state index contributed by atoms with van der Waals surface area (Å²) in [6, 6.07) is 32.7. The van der Waals surface area contributed by atoms with Crippen molar-refractivity contribution < 1.29 is 14.0 Å². The molecule has 7 heteroatoms. The van der Waals surface area contributed by atoms with Gasteiger partial charge in [0.2, 0.25) is 0 Å². The van der Waals surface area contributed by atoms with Crippen molar-refractivity contribution in [3.05, 3.63) is 137 Å². The van der Waals surface area contributed by atoms with E-state index in [1.807, 2.05) is 17.8 Å². The summed E-state index contributed by atoms with van der Waals surface area (Å²) in [5.74, 6) is -0.231. The lowest BCUT2D eigenvalue weighted by atomic mass is 9.74. The second kappa shape index (κ2) is 14.3. The van der Waals surface area contributed by atoms with Crippen molar-refractivity contribution in [2.24, 2.45) is 0 Å². The van der Waals surface area contributed by atoms with Crippen molar-refractivity contribution in [1.29, 1.82) is 0 Å². The smallest absolute Gasteiger partial charge is 0.310 e. The fourth-order valence-electron chi connectivity index (χ4n) is 6.28. The second-order valence-corrected chi connectivity index (χ2v) is 18.5. The van der Waals surface area contributed by atoms with Crippen LogP contribution in [0.1, 0.15) is 56.4 Å². The van der Waals surface area contributed by atoms with Gasteiger partial charge in [0.05, 0.1) is 37.4 Å². The zero-order chi connectivity index (χ0) is 32.8. The van der Waals surface area contributed by atoms with Gasteiger partial charge in [-0.3, -0.25) is 14.4 Å². The minimum atomic E-state index is -2.06. The predicted octanol–water partition coefficient (Wildman–Crippen LogP) is 8.00. The highest BCUT2D eigenvalue weighted by atomic mass is 28.4. The number of allylic oxidation sites excluding steroid dienone is 1. The summed E-state index contributed by atoms with van der Waals surface area (Å²) in [6.07, 6.45) is 7.14. The summed E-state index contributed by atoms with van der Waals surface area (Å²) < 4.78 is 14.2.